The van der Waals surface area contributed by atoms with Gasteiger partial charge in [-0.25, -0.2) is 4.39 Å². The second-order valence-corrected chi connectivity index (χ2v) is 10.3. The Hall–Kier alpha value is -1.23. The topological polar surface area (TPSA) is 35.5 Å². The van der Waals surface area contributed by atoms with E-state index in [1.54, 1.807) is 23.9 Å². The van der Waals surface area contributed by atoms with E-state index in [1.807, 2.05) is 6.07 Å². The van der Waals surface area contributed by atoms with Crippen LogP contribution in [-0.2, 0) is 9.53 Å². The van der Waals surface area contributed by atoms with Crippen LogP contribution in [0.2, 0.25) is 0 Å². The van der Waals surface area contributed by atoms with E-state index in [1.165, 1.54) is 25.7 Å². The predicted molar refractivity (Wildman–Crippen MR) is 132 cm³/mol. The van der Waals surface area contributed by atoms with Crippen molar-refractivity contribution >= 4 is 17.7 Å². The first-order valence-electron chi connectivity index (χ1n) is 12.9. The van der Waals surface area contributed by atoms with Crippen molar-refractivity contribution in [2.24, 2.45) is 11.8 Å². The van der Waals surface area contributed by atoms with Gasteiger partial charge in [0.25, 0.3) is 0 Å². The molecule has 0 bridgehead atoms. The Labute approximate surface area is 199 Å². The van der Waals surface area contributed by atoms with Crippen LogP contribution >= 0.6 is 11.8 Å². The summed E-state index contributed by atoms with van der Waals surface area (Å²) >= 11 is 1.71. The number of unbranched alkanes of at least 4 members (excludes halogenated alkanes) is 5. The standard InChI is InChI=1S/C27H43FO3S/c1-3-5-7-8-9-19-31-27(29)23-14-12-22(13-15-23)11-10-20-32-24-16-17-26(25(28)21-24)30-18-6-4-2/h16-17,21-23H,3-15,18-20H2,1-2H3. The highest BCUT2D eigenvalue weighted by molar-refractivity contribution is 7.99. The summed E-state index contributed by atoms with van der Waals surface area (Å²) in [5.41, 5.74) is 0. The lowest BCUT2D eigenvalue weighted by Crippen LogP contribution is -2.24. The van der Waals surface area contributed by atoms with E-state index in [4.69, 9.17) is 9.47 Å². The van der Waals surface area contributed by atoms with E-state index in [2.05, 4.69) is 13.8 Å². The Balaban J connectivity index is 1.55. The molecule has 0 aromatic heterocycles. The summed E-state index contributed by atoms with van der Waals surface area (Å²) in [5.74, 6) is 1.93. The number of hydrogen-bond donors (Lipinski definition) is 0. The quantitative estimate of drug-likeness (QED) is 0.140. The molecule has 0 spiro atoms. The van der Waals surface area contributed by atoms with E-state index in [9.17, 15) is 9.18 Å². The van der Waals surface area contributed by atoms with Crippen molar-refractivity contribution in [2.75, 3.05) is 19.0 Å². The minimum absolute atomic E-state index is 0.0265. The molecule has 0 amide bonds. The Kier molecular flexibility index (Phi) is 13.8. The largest absolute Gasteiger partial charge is 0.491 e. The lowest BCUT2D eigenvalue weighted by atomic mass is 9.80. The molecule has 5 heteroatoms. The summed E-state index contributed by atoms with van der Waals surface area (Å²) in [7, 11) is 0. The summed E-state index contributed by atoms with van der Waals surface area (Å²) in [6.07, 6.45) is 14.4. The Morgan fingerprint density at radius 3 is 2.44 bits per heavy atom. The maximum absolute atomic E-state index is 14.2. The van der Waals surface area contributed by atoms with Gasteiger partial charge in [-0.2, -0.15) is 0 Å². The molecule has 0 heterocycles. The fraction of sp³-hybridized carbons (Fsp3) is 0.741. The third-order valence-corrected chi connectivity index (χ3v) is 7.44. The number of hydrogen-bond acceptors (Lipinski definition) is 4. The van der Waals surface area contributed by atoms with Gasteiger partial charge in [0.1, 0.15) is 0 Å². The lowest BCUT2D eigenvalue weighted by Gasteiger charge is -2.27. The van der Waals surface area contributed by atoms with Crippen LogP contribution in [0.4, 0.5) is 4.39 Å². The fourth-order valence-corrected chi connectivity index (χ4v) is 5.16. The first-order valence-corrected chi connectivity index (χ1v) is 13.8. The van der Waals surface area contributed by atoms with Crippen molar-refractivity contribution in [1.82, 2.24) is 0 Å². The van der Waals surface area contributed by atoms with Gasteiger partial charge in [-0.15, -0.1) is 11.8 Å². The molecule has 1 aliphatic rings. The maximum atomic E-state index is 14.2. The monoisotopic (exact) mass is 466 g/mol. The van der Waals surface area contributed by atoms with E-state index >= 15 is 0 Å². The van der Waals surface area contributed by atoms with Crippen LogP contribution < -0.4 is 4.74 Å². The van der Waals surface area contributed by atoms with Gasteiger partial charge in [-0.1, -0.05) is 46.0 Å². The Morgan fingerprint density at radius 1 is 0.969 bits per heavy atom. The first kappa shape index (κ1) is 27.0. The van der Waals surface area contributed by atoms with Crippen molar-refractivity contribution in [3.05, 3.63) is 24.0 Å². The highest BCUT2D eigenvalue weighted by Crippen LogP contribution is 2.33. The molecule has 0 unspecified atom stereocenters. The molecule has 1 aliphatic carbocycles. The molecule has 182 valence electrons. The lowest BCUT2D eigenvalue weighted by molar-refractivity contribution is -0.150. The third-order valence-electron chi connectivity index (χ3n) is 6.36. The molecule has 1 aromatic carbocycles. The van der Waals surface area contributed by atoms with Gasteiger partial charge in [0.05, 0.1) is 19.1 Å². The number of thioether (sulfide) groups is 1. The van der Waals surface area contributed by atoms with E-state index in [0.717, 1.165) is 68.4 Å². The highest BCUT2D eigenvalue weighted by Gasteiger charge is 2.27. The molecule has 0 aliphatic heterocycles. The summed E-state index contributed by atoms with van der Waals surface area (Å²) < 4.78 is 25.1. The molecule has 1 aromatic rings. The summed E-state index contributed by atoms with van der Waals surface area (Å²) in [4.78, 5) is 13.2. The number of carbonyl (C=O) groups is 1. The van der Waals surface area contributed by atoms with Crippen LogP contribution in [0.3, 0.4) is 0 Å². The minimum Gasteiger partial charge on any atom is -0.491 e. The molecule has 0 N–H and O–H groups in total. The zero-order chi connectivity index (χ0) is 23.0. The zero-order valence-electron chi connectivity index (χ0n) is 20.2. The maximum Gasteiger partial charge on any atom is 0.308 e. The van der Waals surface area contributed by atoms with E-state index < -0.39 is 0 Å². The highest BCUT2D eigenvalue weighted by atomic mass is 32.2. The average molecular weight is 467 g/mol. The first-order chi connectivity index (χ1) is 15.6. The van der Waals surface area contributed by atoms with Crippen molar-refractivity contribution in [1.29, 1.82) is 0 Å². The minimum atomic E-state index is -0.266. The molecular weight excluding hydrogens is 423 g/mol. The number of rotatable bonds is 16. The second-order valence-electron chi connectivity index (χ2n) is 9.08. The molecule has 32 heavy (non-hydrogen) atoms. The van der Waals surface area contributed by atoms with Crippen LogP contribution in [0, 0.1) is 17.7 Å². The van der Waals surface area contributed by atoms with Gasteiger partial charge in [-0.3, -0.25) is 4.79 Å². The molecule has 1 fully saturated rings. The van der Waals surface area contributed by atoms with Gasteiger partial charge >= 0.3 is 5.97 Å². The predicted octanol–water partition coefficient (Wildman–Crippen LogP) is 8.20. The molecule has 0 saturated heterocycles. The van der Waals surface area contributed by atoms with Crippen molar-refractivity contribution in [3.8, 4) is 5.75 Å². The smallest absolute Gasteiger partial charge is 0.308 e. The number of halogens is 1. The van der Waals surface area contributed by atoms with Gasteiger partial charge in [0.15, 0.2) is 11.6 Å². The number of ether oxygens (including phenoxy) is 2. The molecule has 3 nitrogen and oxygen atoms in total. The summed E-state index contributed by atoms with van der Waals surface area (Å²) in [5, 5.41) is 0. The number of esters is 1. The average Bonchev–Trinajstić information content (AvgIpc) is 2.80. The third kappa shape index (κ3) is 10.6. The molecule has 2 rings (SSSR count). The van der Waals surface area contributed by atoms with Crippen molar-refractivity contribution in [3.63, 3.8) is 0 Å². The normalized spacial score (nSPS) is 18.5. The molecule has 0 atom stereocenters. The van der Waals surface area contributed by atoms with E-state index in [-0.39, 0.29) is 17.7 Å². The van der Waals surface area contributed by atoms with Gasteiger partial charge in [-0.05, 0) is 81.2 Å². The number of carbonyl (C=O) groups excluding carboxylic acids is 1. The van der Waals surface area contributed by atoms with Crippen LogP contribution in [0.15, 0.2) is 23.1 Å². The van der Waals surface area contributed by atoms with Crippen LogP contribution in [-0.4, -0.2) is 24.9 Å². The zero-order valence-corrected chi connectivity index (χ0v) is 21.0. The fourth-order valence-electron chi connectivity index (χ4n) is 4.26. The molecule has 1 saturated carbocycles. The second kappa shape index (κ2) is 16.4. The SMILES string of the molecule is CCCCCCCOC(=O)C1CCC(CCCSc2ccc(OCCCC)c(F)c2)CC1. The van der Waals surface area contributed by atoms with Crippen LogP contribution in [0.25, 0.3) is 0 Å². The Morgan fingerprint density at radius 2 is 1.72 bits per heavy atom. The van der Waals surface area contributed by atoms with Gasteiger partial charge < -0.3 is 9.47 Å². The van der Waals surface area contributed by atoms with Gasteiger partial charge in [0.2, 0.25) is 0 Å². The van der Waals surface area contributed by atoms with Gasteiger partial charge in [0, 0.05) is 4.90 Å². The van der Waals surface area contributed by atoms with Crippen LogP contribution in [0.5, 0.6) is 5.75 Å². The number of benzene rings is 1. The van der Waals surface area contributed by atoms with Crippen molar-refractivity contribution in [2.45, 2.75) is 102 Å². The van der Waals surface area contributed by atoms with Crippen LogP contribution in [0.1, 0.15) is 97.3 Å². The molecule has 0 radical (unpaired) electrons. The Bertz CT molecular complexity index is 644. The summed E-state index contributed by atoms with van der Waals surface area (Å²) in [6, 6.07) is 5.29. The molecular formula is C27H43FO3S. The van der Waals surface area contributed by atoms with Crippen molar-refractivity contribution < 1.29 is 18.7 Å². The summed E-state index contributed by atoms with van der Waals surface area (Å²) in [6.45, 7) is 5.46. The van der Waals surface area contributed by atoms with E-state index in [0.29, 0.717) is 24.9 Å².